The van der Waals surface area contributed by atoms with Gasteiger partial charge in [0.2, 0.25) is 0 Å². The van der Waals surface area contributed by atoms with Crippen molar-refractivity contribution in [2.45, 2.75) is 39.8 Å². The number of allylic oxidation sites excluding steroid dienone is 3. The van der Waals surface area contributed by atoms with Gasteiger partial charge >= 0.3 is 0 Å². The molecule has 140 valence electrons. The summed E-state index contributed by atoms with van der Waals surface area (Å²) < 4.78 is 0. The van der Waals surface area contributed by atoms with Crippen LogP contribution in [0.15, 0.2) is 91.1 Å². The minimum Gasteiger partial charge on any atom is -0.287 e. The molecule has 0 aliphatic rings. The van der Waals surface area contributed by atoms with Gasteiger partial charge in [-0.2, -0.15) is 5.26 Å². The monoisotopic (exact) mass is 358 g/mol. The Bertz CT molecular complexity index is 795. The van der Waals surface area contributed by atoms with Gasteiger partial charge in [0.25, 0.3) is 0 Å². The van der Waals surface area contributed by atoms with Crippen LogP contribution in [0.4, 0.5) is 0 Å². The molecule has 0 aromatic heterocycles. The highest BCUT2D eigenvalue weighted by Crippen LogP contribution is 2.28. The Hall–Kier alpha value is -2.89. The van der Waals surface area contributed by atoms with Crippen molar-refractivity contribution in [2.24, 2.45) is 0 Å². The third kappa shape index (κ3) is 6.40. The van der Waals surface area contributed by atoms with Crippen molar-refractivity contribution in [3.05, 3.63) is 108 Å². The number of benzene rings is 2. The summed E-state index contributed by atoms with van der Waals surface area (Å²) in [6, 6.07) is 20.1. The fraction of sp³-hybridized carbons (Fsp3) is 0.240. The predicted octanol–water partition coefficient (Wildman–Crippen LogP) is 6.61. The molecular weight excluding hydrogens is 328 g/mol. The van der Waals surface area contributed by atoms with E-state index in [2.05, 4.69) is 36.2 Å². The Balaban J connectivity index is 0.00000176. The Morgan fingerprint density at radius 2 is 1.70 bits per heavy atom. The maximum atomic E-state index is 9.77. The molecule has 2 nitrogen and oxygen atoms in total. The number of nitriles is 1. The van der Waals surface area contributed by atoms with Crippen LogP contribution in [0.25, 0.3) is 0 Å². The Morgan fingerprint density at radius 1 is 1.07 bits per heavy atom. The summed E-state index contributed by atoms with van der Waals surface area (Å²) in [5, 5.41) is 13.3. The molecular formula is C25H30N2. The lowest BCUT2D eigenvalue weighted by Gasteiger charge is -2.25. The van der Waals surface area contributed by atoms with E-state index in [4.69, 9.17) is 0 Å². The third-order valence-electron chi connectivity index (χ3n) is 4.10. The number of nitrogens with one attached hydrogen (secondary N) is 1. The zero-order chi connectivity index (χ0) is 20.1. The van der Waals surface area contributed by atoms with Crippen LogP contribution in [0.3, 0.4) is 0 Å². The lowest BCUT2D eigenvalue weighted by molar-refractivity contribution is 0.556. The first-order valence-corrected chi connectivity index (χ1v) is 9.42. The van der Waals surface area contributed by atoms with Crippen molar-refractivity contribution in [1.82, 2.24) is 5.32 Å². The van der Waals surface area contributed by atoms with E-state index < -0.39 is 6.04 Å². The highest BCUT2D eigenvalue weighted by Gasteiger charge is 2.21. The van der Waals surface area contributed by atoms with E-state index in [9.17, 15) is 5.26 Å². The van der Waals surface area contributed by atoms with E-state index in [0.29, 0.717) is 0 Å². The lowest BCUT2D eigenvalue weighted by Crippen LogP contribution is -2.27. The number of nitrogens with zero attached hydrogens (tertiary/aromatic N) is 1. The van der Waals surface area contributed by atoms with Gasteiger partial charge in [0, 0.05) is 0 Å². The molecule has 2 aromatic carbocycles. The molecule has 0 amide bonds. The van der Waals surface area contributed by atoms with Gasteiger partial charge in [0.15, 0.2) is 0 Å². The van der Waals surface area contributed by atoms with Crippen LogP contribution >= 0.6 is 0 Å². The molecule has 0 heterocycles. The quantitative estimate of drug-likeness (QED) is 0.566. The standard InChI is InChI=1S/C23H24N2.C2H6/c1-4-11-19(12-5-2)23(20-14-7-6-8-15-20)25-22(17-24)21-16-10-9-13-18(21)3;1-2/h4-16,22-23,25H,1H2,2-3H3;1-2H3/b12-5-,19-11+;. The number of hydrogen-bond donors (Lipinski definition) is 1. The molecule has 0 radical (unpaired) electrons. The highest BCUT2D eigenvalue weighted by molar-refractivity contribution is 5.39. The minimum atomic E-state index is -0.398. The van der Waals surface area contributed by atoms with Gasteiger partial charge in [-0.3, -0.25) is 5.32 Å². The maximum absolute atomic E-state index is 9.77. The number of aryl methyl sites for hydroxylation is 1. The summed E-state index contributed by atoms with van der Waals surface area (Å²) in [6.45, 7) is 11.8. The van der Waals surface area contributed by atoms with Crippen LogP contribution in [-0.4, -0.2) is 0 Å². The van der Waals surface area contributed by atoms with E-state index in [-0.39, 0.29) is 6.04 Å². The van der Waals surface area contributed by atoms with Crippen molar-refractivity contribution in [2.75, 3.05) is 0 Å². The fourth-order valence-corrected chi connectivity index (χ4v) is 2.88. The maximum Gasteiger partial charge on any atom is 0.122 e. The average molecular weight is 359 g/mol. The van der Waals surface area contributed by atoms with Gasteiger partial charge < -0.3 is 0 Å². The topological polar surface area (TPSA) is 35.8 Å². The van der Waals surface area contributed by atoms with Crippen LogP contribution in [0.2, 0.25) is 0 Å². The molecule has 2 heteroatoms. The van der Waals surface area contributed by atoms with Gasteiger partial charge in [-0.05, 0) is 36.1 Å². The molecule has 2 aromatic rings. The van der Waals surface area contributed by atoms with Crippen molar-refractivity contribution in [3.63, 3.8) is 0 Å². The normalized spacial score (nSPS) is 13.2. The number of rotatable bonds is 7. The van der Waals surface area contributed by atoms with Crippen LogP contribution in [0.1, 0.15) is 49.5 Å². The smallest absolute Gasteiger partial charge is 0.122 e. The molecule has 2 atom stereocenters. The first-order valence-electron chi connectivity index (χ1n) is 9.42. The minimum absolute atomic E-state index is 0.0975. The molecule has 0 aliphatic carbocycles. The Kier molecular flexibility index (Phi) is 10.2. The molecule has 0 bridgehead atoms. The molecule has 1 N–H and O–H groups in total. The van der Waals surface area contributed by atoms with Gasteiger partial charge in [0.05, 0.1) is 12.1 Å². The zero-order valence-electron chi connectivity index (χ0n) is 16.8. The van der Waals surface area contributed by atoms with Crippen molar-refractivity contribution < 1.29 is 0 Å². The molecule has 27 heavy (non-hydrogen) atoms. The lowest BCUT2D eigenvalue weighted by atomic mass is 9.94. The average Bonchev–Trinajstić information content (AvgIpc) is 2.72. The van der Waals surface area contributed by atoms with E-state index >= 15 is 0 Å². The SMILES string of the molecule is C=C/C=C(\C=C/C)C(NC(C#N)c1ccccc1C)c1ccccc1.CC. The number of hydrogen-bond acceptors (Lipinski definition) is 2. The first-order chi connectivity index (χ1) is 13.2. The summed E-state index contributed by atoms with van der Waals surface area (Å²) >= 11 is 0. The van der Waals surface area contributed by atoms with Crippen LogP contribution in [0.5, 0.6) is 0 Å². The third-order valence-corrected chi connectivity index (χ3v) is 4.10. The highest BCUT2D eigenvalue weighted by atomic mass is 15.0. The molecule has 0 saturated carbocycles. The van der Waals surface area contributed by atoms with E-state index in [0.717, 1.165) is 22.3 Å². The summed E-state index contributed by atoms with van der Waals surface area (Å²) in [6.07, 6.45) is 7.82. The van der Waals surface area contributed by atoms with Crippen molar-refractivity contribution >= 4 is 0 Å². The van der Waals surface area contributed by atoms with Crippen LogP contribution < -0.4 is 5.32 Å². The van der Waals surface area contributed by atoms with E-state index in [1.54, 1.807) is 6.08 Å². The van der Waals surface area contributed by atoms with Gasteiger partial charge in [-0.15, -0.1) is 0 Å². The molecule has 2 unspecified atom stereocenters. The van der Waals surface area contributed by atoms with Gasteiger partial charge in [0.1, 0.15) is 6.04 Å². The van der Waals surface area contributed by atoms with Crippen molar-refractivity contribution in [3.8, 4) is 6.07 Å². The van der Waals surface area contributed by atoms with E-state index in [1.165, 1.54) is 0 Å². The van der Waals surface area contributed by atoms with Crippen molar-refractivity contribution in [1.29, 1.82) is 5.26 Å². The summed E-state index contributed by atoms with van der Waals surface area (Å²) in [7, 11) is 0. The van der Waals surface area contributed by atoms with Gasteiger partial charge in [-0.1, -0.05) is 99.3 Å². The fourth-order valence-electron chi connectivity index (χ4n) is 2.88. The molecule has 0 fully saturated rings. The summed E-state index contributed by atoms with van der Waals surface area (Å²) in [5.74, 6) is 0. The molecule has 0 spiro atoms. The van der Waals surface area contributed by atoms with Gasteiger partial charge in [-0.25, -0.2) is 0 Å². The molecule has 2 rings (SSSR count). The summed E-state index contributed by atoms with van der Waals surface area (Å²) in [4.78, 5) is 0. The second-order valence-electron chi connectivity index (χ2n) is 5.83. The zero-order valence-corrected chi connectivity index (χ0v) is 16.8. The second kappa shape index (κ2) is 12.5. The molecule has 0 aliphatic heterocycles. The predicted molar refractivity (Wildman–Crippen MR) is 116 cm³/mol. The van der Waals surface area contributed by atoms with Crippen LogP contribution in [0, 0.1) is 18.3 Å². The Morgan fingerprint density at radius 3 is 2.26 bits per heavy atom. The summed E-state index contributed by atoms with van der Waals surface area (Å²) in [5.41, 5.74) is 4.29. The second-order valence-corrected chi connectivity index (χ2v) is 5.83. The Labute approximate surface area is 164 Å². The molecule has 0 saturated heterocycles. The largest absolute Gasteiger partial charge is 0.287 e. The van der Waals surface area contributed by atoms with E-state index in [1.807, 2.05) is 82.3 Å². The van der Waals surface area contributed by atoms with Crippen LogP contribution in [-0.2, 0) is 0 Å². The first kappa shape index (κ1) is 22.2.